The SMILES string of the molecule is CCCCCCCCCCN1c2ccc(/C=C/C=C(/C#N)C(=O)O)cc2CCc2cc(OC)ccc21. The fourth-order valence-electron chi connectivity index (χ4n) is 4.78. The van der Waals surface area contributed by atoms with Gasteiger partial charge in [-0.15, -0.1) is 0 Å². The minimum atomic E-state index is -1.21. The van der Waals surface area contributed by atoms with Crippen LogP contribution in [0.25, 0.3) is 6.08 Å². The van der Waals surface area contributed by atoms with Crippen LogP contribution in [0.4, 0.5) is 11.4 Å². The highest BCUT2D eigenvalue weighted by atomic mass is 16.5. The van der Waals surface area contributed by atoms with Crippen LogP contribution >= 0.6 is 0 Å². The van der Waals surface area contributed by atoms with E-state index in [2.05, 4.69) is 42.2 Å². The Morgan fingerprint density at radius 2 is 1.64 bits per heavy atom. The molecule has 0 aromatic heterocycles. The highest BCUT2D eigenvalue weighted by molar-refractivity contribution is 5.91. The Hall–Kier alpha value is -3.52. The summed E-state index contributed by atoms with van der Waals surface area (Å²) in [4.78, 5) is 13.5. The molecule has 0 spiro atoms. The lowest BCUT2D eigenvalue weighted by Crippen LogP contribution is -2.19. The summed E-state index contributed by atoms with van der Waals surface area (Å²) in [6.07, 6.45) is 17.0. The molecule has 1 aliphatic rings. The first-order valence-electron chi connectivity index (χ1n) is 13.2. The molecule has 0 saturated carbocycles. The fourth-order valence-corrected chi connectivity index (χ4v) is 4.78. The number of carboxylic acid groups (broad SMARTS) is 1. The van der Waals surface area contributed by atoms with E-state index >= 15 is 0 Å². The Labute approximate surface area is 215 Å². The minimum Gasteiger partial charge on any atom is -0.497 e. The van der Waals surface area contributed by atoms with E-state index < -0.39 is 5.97 Å². The van der Waals surface area contributed by atoms with Crippen molar-refractivity contribution in [2.24, 2.45) is 0 Å². The highest BCUT2D eigenvalue weighted by Gasteiger charge is 2.21. The van der Waals surface area contributed by atoms with Crippen molar-refractivity contribution in [1.29, 1.82) is 5.26 Å². The van der Waals surface area contributed by atoms with Crippen LogP contribution in [0.15, 0.2) is 54.1 Å². The second-order valence-corrected chi connectivity index (χ2v) is 9.37. The smallest absolute Gasteiger partial charge is 0.346 e. The third-order valence-electron chi connectivity index (χ3n) is 6.77. The number of unbranched alkanes of at least 4 members (excludes halogenated alkanes) is 7. The number of ether oxygens (including phenoxy) is 1. The monoisotopic (exact) mass is 486 g/mol. The normalized spacial score (nSPS) is 13.1. The van der Waals surface area contributed by atoms with Crippen molar-refractivity contribution in [2.45, 2.75) is 71.1 Å². The first-order chi connectivity index (χ1) is 17.6. The number of benzene rings is 2. The van der Waals surface area contributed by atoms with Crippen molar-refractivity contribution >= 4 is 23.4 Å². The van der Waals surface area contributed by atoms with Gasteiger partial charge in [0.25, 0.3) is 0 Å². The van der Waals surface area contributed by atoms with Gasteiger partial charge in [0.2, 0.25) is 0 Å². The van der Waals surface area contributed by atoms with E-state index in [9.17, 15) is 4.79 Å². The first-order valence-corrected chi connectivity index (χ1v) is 13.2. The number of methoxy groups -OCH3 is 1. The summed E-state index contributed by atoms with van der Waals surface area (Å²) in [5.74, 6) is -0.331. The summed E-state index contributed by atoms with van der Waals surface area (Å²) in [5, 5.41) is 18.0. The van der Waals surface area contributed by atoms with E-state index in [1.54, 1.807) is 19.3 Å². The molecule has 0 saturated heterocycles. The predicted octanol–water partition coefficient (Wildman–Crippen LogP) is 7.62. The van der Waals surface area contributed by atoms with Crippen molar-refractivity contribution < 1.29 is 14.6 Å². The third-order valence-corrected chi connectivity index (χ3v) is 6.77. The van der Waals surface area contributed by atoms with Crippen LogP contribution in [-0.4, -0.2) is 24.7 Å². The summed E-state index contributed by atoms with van der Waals surface area (Å²) in [7, 11) is 1.71. The van der Waals surface area contributed by atoms with Crippen LogP contribution in [0.5, 0.6) is 5.75 Å². The van der Waals surface area contributed by atoms with Gasteiger partial charge in [-0.2, -0.15) is 5.26 Å². The average Bonchev–Trinajstić information content (AvgIpc) is 3.04. The molecule has 0 amide bonds. The molecule has 190 valence electrons. The van der Waals surface area contributed by atoms with Crippen LogP contribution in [-0.2, 0) is 17.6 Å². The molecule has 1 N–H and O–H groups in total. The number of carboxylic acids is 1. The number of hydrogen-bond acceptors (Lipinski definition) is 4. The molecule has 36 heavy (non-hydrogen) atoms. The summed E-state index contributed by atoms with van der Waals surface area (Å²) in [6, 6.07) is 14.5. The van der Waals surface area contributed by atoms with Gasteiger partial charge in [0.1, 0.15) is 17.4 Å². The van der Waals surface area contributed by atoms with E-state index in [1.807, 2.05) is 12.1 Å². The quantitative estimate of drug-likeness (QED) is 0.136. The molecule has 5 nitrogen and oxygen atoms in total. The molecule has 0 radical (unpaired) electrons. The molecule has 0 fully saturated rings. The van der Waals surface area contributed by atoms with Crippen molar-refractivity contribution in [3.8, 4) is 11.8 Å². The number of anilines is 2. The molecule has 0 atom stereocenters. The maximum absolute atomic E-state index is 11.0. The van der Waals surface area contributed by atoms with Gasteiger partial charge in [0, 0.05) is 17.9 Å². The molecule has 0 unspecified atom stereocenters. The molecule has 1 aliphatic heterocycles. The number of nitrogens with zero attached hydrogens (tertiary/aromatic N) is 2. The molecular formula is C31H38N2O3. The van der Waals surface area contributed by atoms with Gasteiger partial charge >= 0.3 is 5.97 Å². The van der Waals surface area contributed by atoms with E-state index in [1.165, 1.54) is 73.5 Å². The van der Waals surface area contributed by atoms with Gasteiger partial charge in [0.05, 0.1) is 7.11 Å². The standard InChI is InChI=1S/C31H38N2O3/c1-3-4-5-6-7-8-9-10-20-33-29-18-14-24(12-11-13-27(23-32)31(34)35)21-25(29)15-16-26-22-28(36-2)17-19-30(26)33/h11-14,17-19,21-22H,3-10,15-16,20H2,1-2H3,(H,34,35)/b12-11+,27-13-. The van der Waals surface area contributed by atoms with E-state index in [-0.39, 0.29) is 5.57 Å². The summed E-state index contributed by atoms with van der Waals surface area (Å²) in [5.41, 5.74) is 5.77. The summed E-state index contributed by atoms with van der Waals surface area (Å²) >= 11 is 0. The minimum absolute atomic E-state index is 0.276. The van der Waals surface area contributed by atoms with Crippen LogP contribution in [0.3, 0.4) is 0 Å². The van der Waals surface area contributed by atoms with Crippen molar-refractivity contribution in [3.63, 3.8) is 0 Å². The number of carbonyl (C=O) groups is 1. The van der Waals surface area contributed by atoms with Crippen molar-refractivity contribution in [2.75, 3.05) is 18.6 Å². The molecule has 0 bridgehead atoms. The average molecular weight is 487 g/mol. The van der Waals surface area contributed by atoms with E-state index in [0.717, 1.165) is 37.1 Å². The summed E-state index contributed by atoms with van der Waals surface area (Å²) < 4.78 is 5.50. The second-order valence-electron chi connectivity index (χ2n) is 9.37. The zero-order chi connectivity index (χ0) is 25.8. The lowest BCUT2D eigenvalue weighted by Gasteiger charge is -2.27. The van der Waals surface area contributed by atoms with Crippen molar-refractivity contribution in [3.05, 3.63) is 70.8 Å². The Balaban J connectivity index is 1.78. The summed E-state index contributed by atoms with van der Waals surface area (Å²) in [6.45, 7) is 3.23. The maximum Gasteiger partial charge on any atom is 0.346 e. The van der Waals surface area contributed by atoms with Crippen molar-refractivity contribution in [1.82, 2.24) is 0 Å². The fraction of sp³-hybridized carbons (Fsp3) is 0.419. The van der Waals surface area contributed by atoms with Gasteiger partial charge in [-0.05, 0) is 72.4 Å². The zero-order valence-electron chi connectivity index (χ0n) is 21.6. The lowest BCUT2D eigenvalue weighted by molar-refractivity contribution is -0.132. The molecule has 5 heteroatoms. The topological polar surface area (TPSA) is 73.6 Å². The third kappa shape index (κ3) is 7.49. The number of aryl methyl sites for hydroxylation is 2. The van der Waals surface area contributed by atoms with E-state index in [4.69, 9.17) is 15.1 Å². The Morgan fingerprint density at radius 3 is 2.28 bits per heavy atom. The van der Waals surface area contributed by atoms with Crippen LogP contribution < -0.4 is 9.64 Å². The van der Waals surface area contributed by atoms with Gasteiger partial charge in [0.15, 0.2) is 0 Å². The molecule has 0 aliphatic carbocycles. The predicted molar refractivity (Wildman–Crippen MR) is 147 cm³/mol. The largest absolute Gasteiger partial charge is 0.497 e. The lowest BCUT2D eigenvalue weighted by atomic mass is 10.0. The van der Waals surface area contributed by atoms with Crippen LogP contribution in [0.2, 0.25) is 0 Å². The molecule has 2 aromatic carbocycles. The molecule has 2 aromatic rings. The Bertz CT molecular complexity index is 1130. The zero-order valence-corrected chi connectivity index (χ0v) is 21.6. The number of aliphatic carboxylic acids is 1. The van der Waals surface area contributed by atoms with Crippen LogP contribution in [0.1, 0.15) is 75.0 Å². The number of nitriles is 1. The number of allylic oxidation sites excluding steroid dienone is 2. The highest BCUT2D eigenvalue weighted by Crippen LogP contribution is 2.38. The number of rotatable bonds is 13. The van der Waals surface area contributed by atoms with Gasteiger partial charge in [-0.3, -0.25) is 0 Å². The number of hydrogen-bond donors (Lipinski definition) is 1. The molecule has 1 heterocycles. The first kappa shape index (κ1) is 27.1. The van der Waals surface area contributed by atoms with Gasteiger partial charge in [-0.25, -0.2) is 4.79 Å². The number of fused-ring (bicyclic) bond motifs is 2. The van der Waals surface area contributed by atoms with Gasteiger partial charge in [-0.1, -0.05) is 70.1 Å². The van der Waals surface area contributed by atoms with E-state index in [0.29, 0.717) is 0 Å². The molecular weight excluding hydrogens is 448 g/mol. The Morgan fingerprint density at radius 1 is 1.00 bits per heavy atom. The maximum atomic E-state index is 11.0. The Kier molecular flexibility index (Phi) is 10.6. The molecule has 3 rings (SSSR count). The van der Waals surface area contributed by atoms with Crippen LogP contribution in [0, 0.1) is 11.3 Å². The second kappa shape index (κ2) is 14.1. The van der Waals surface area contributed by atoms with Gasteiger partial charge < -0.3 is 14.7 Å².